The first-order valence-corrected chi connectivity index (χ1v) is 7.07. The summed E-state index contributed by atoms with van der Waals surface area (Å²) in [6, 6.07) is 7.42. The molecule has 1 aromatic heterocycles. The molecule has 0 fully saturated rings. The van der Waals surface area contributed by atoms with E-state index in [-0.39, 0.29) is 11.0 Å². The van der Waals surface area contributed by atoms with Crippen molar-refractivity contribution in [2.24, 2.45) is 0 Å². The lowest BCUT2D eigenvalue weighted by Gasteiger charge is -2.22. The molecular formula is C16H23N3O2. The van der Waals surface area contributed by atoms with E-state index in [1.807, 2.05) is 35.9 Å². The maximum Gasteiger partial charge on any atom is 0.294 e. The molecule has 0 aliphatic rings. The van der Waals surface area contributed by atoms with E-state index in [0.29, 0.717) is 18.0 Å². The summed E-state index contributed by atoms with van der Waals surface area (Å²) in [6.07, 6.45) is 0. The lowest BCUT2D eigenvalue weighted by molar-refractivity contribution is 0.413. The van der Waals surface area contributed by atoms with Gasteiger partial charge in [-0.25, -0.2) is 4.68 Å². The van der Waals surface area contributed by atoms with Crippen molar-refractivity contribution in [2.75, 3.05) is 12.8 Å². The first-order valence-electron chi connectivity index (χ1n) is 7.07. The van der Waals surface area contributed by atoms with Gasteiger partial charge in [0.2, 0.25) is 0 Å². The molecule has 5 heteroatoms. The third-order valence-corrected chi connectivity index (χ3v) is 3.49. The third-order valence-electron chi connectivity index (χ3n) is 3.49. The Morgan fingerprint density at radius 2 is 1.95 bits per heavy atom. The summed E-state index contributed by atoms with van der Waals surface area (Å²) in [7, 11) is 1.61. The van der Waals surface area contributed by atoms with Crippen molar-refractivity contribution in [1.29, 1.82) is 0 Å². The van der Waals surface area contributed by atoms with Gasteiger partial charge in [-0.1, -0.05) is 26.8 Å². The van der Waals surface area contributed by atoms with Crippen molar-refractivity contribution in [3.8, 4) is 11.4 Å². The lowest BCUT2D eigenvalue weighted by Crippen LogP contribution is -2.24. The largest absolute Gasteiger partial charge is 0.497 e. The summed E-state index contributed by atoms with van der Waals surface area (Å²) >= 11 is 0. The third kappa shape index (κ3) is 2.55. The van der Waals surface area contributed by atoms with E-state index in [4.69, 9.17) is 10.5 Å². The Bertz CT molecular complexity index is 705. The summed E-state index contributed by atoms with van der Waals surface area (Å²) < 4.78 is 8.80. The summed E-state index contributed by atoms with van der Waals surface area (Å²) in [6.45, 7) is 8.83. The number of hydrogen-bond acceptors (Lipinski definition) is 3. The Labute approximate surface area is 124 Å². The van der Waals surface area contributed by atoms with E-state index in [2.05, 4.69) is 20.8 Å². The van der Waals surface area contributed by atoms with E-state index in [1.165, 1.54) is 0 Å². The van der Waals surface area contributed by atoms with Gasteiger partial charge in [-0.2, -0.15) is 0 Å². The number of nitrogen functional groups attached to an aromatic ring is 1. The van der Waals surface area contributed by atoms with Crippen LogP contribution in [0, 0.1) is 0 Å². The van der Waals surface area contributed by atoms with Crippen LogP contribution in [0.2, 0.25) is 0 Å². The fourth-order valence-corrected chi connectivity index (χ4v) is 2.65. The highest BCUT2D eigenvalue weighted by atomic mass is 16.5. The smallest absolute Gasteiger partial charge is 0.294 e. The Hall–Kier alpha value is -2.17. The van der Waals surface area contributed by atoms with Gasteiger partial charge in [0.15, 0.2) is 0 Å². The van der Waals surface area contributed by atoms with Crippen LogP contribution in [0.3, 0.4) is 0 Å². The van der Waals surface area contributed by atoms with Gasteiger partial charge in [-0.3, -0.25) is 9.48 Å². The highest BCUT2D eigenvalue weighted by Crippen LogP contribution is 2.28. The average Bonchev–Trinajstić information content (AvgIpc) is 2.70. The zero-order valence-electron chi connectivity index (χ0n) is 13.3. The molecule has 114 valence electrons. The summed E-state index contributed by atoms with van der Waals surface area (Å²) in [4.78, 5) is 12.6. The van der Waals surface area contributed by atoms with Gasteiger partial charge in [0.05, 0.1) is 18.5 Å². The first-order chi connectivity index (χ1) is 9.81. The molecule has 1 heterocycles. The SMILES string of the molecule is CCn1c(C(C)(C)C)c(N)c(=O)n1-c1cccc(OC)c1. The van der Waals surface area contributed by atoms with Crippen LogP contribution in [0.1, 0.15) is 33.4 Å². The standard InChI is InChI=1S/C16H23N3O2/c1-6-18-14(16(2,3)4)13(17)15(20)19(18)11-8-7-9-12(10-11)21-5/h7-10H,6,17H2,1-5H3. The summed E-state index contributed by atoms with van der Waals surface area (Å²) in [5.41, 5.74) is 7.62. The lowest BCUT2D eigenvalue weighted by atomic mass is 9.91. The molecule has 2 rings (SSSR count). The zero-order valence-corrected chi connectivity index (χ0v) is 13.3. The van der Waals surface area contributed by atoms with Crippen molar-refractivity contribution in [3.63, 3.8) is 0 Å². The van der Waals surface area contributed by atoms with Crippen LogP contribution in [-0.2, 0) is 12.0 Å². The molecule has 0 unspecified atom stereocenters. The van der Waals surface area contributed by atoms with Crippen molar-refractivity contribution < 1.29 is 4.74 Å². The molecule has 21 heavy (non-hydrogen) atoms. The minimum Gasteiger partial charge on any atom is -0.497 e. The van der Waals surface area contributed by atoms with E-state index < -0.39 is 0 Å². The second-order valence-corrected chi connectivity index (χ2v) is 6.05. The molecule has 0 spiro atoms. The average molecular weight is 289 g/mol. The van der Waals surface area contributed by atoms with Crippen LogP contribution in [-0.4, -0.2) is 16.5 Å². The predicted octanol–water partition coefficient (Wildman–Crippen LogP) is 2.55. The molecule has 0 saturated heterocycles. The molecule has 5 nitrogen and oxygen atoms in total. The highest BCUT2D eigenvalue weighted by molar-refractivity contribution is 5.49. The van der Waals surface area contributed by atoms with Crippen LogP contribution < -0.4 is 16.0 Å². The summed E-state index contributed by atoms with van der Waals surface area (Å²) in [5, 5.41) is 0. The number of hydrogen-bond donors (Lipinski definition) is 1. The van der Waals surface area contributed by atoms with E-state index in [9.17, 15) is 4.79 Å². The molecule has 2 aromatic rings. The molecule has 0 aliphatic heterocycles. The molecule has 0 saturated carbocycles. The topological polar surface area (TPSA) is 62.2 Å². The molecular weight excluding hydrogens is 266 g/mol. The Kier molecular flexibility index (Phi) is 3.85. The zero-order chi connectivity index (χ0) is 15.8. The van der Waals surface area contributed by atoms with Crippen molar-refractivity contribution in [2.45, 2.75) is 39.7 Å². The van der Waals surface area contributed by atoms with Gasteiger partial charge in [0.25, 0.3) is 5.56 Å². The number of aromatic nitrogens is 2. The highest BCUT2D eigenvalue weighted by Gasteiger charge is 2.27. The molecule has 0 atom stereocenters. The van der Waals surface area contributed by atoms with Crippen LogP contribution in [0.4, 0.5) is 5.69 Å². The molecule has 0 aliphatic carbocycles. The van der Waals surface area contributed by atoms with Crippen molar-refractivity contribution >= 4 is 5.69 Å². The number of benzene rings is 1. The quantitative estimate of drug-likeness (QED) is 0.944. The number of anilines is 1. The number of ether oxygens (including phenoxy) is 1. The van der Waals surface area contributed by atoms with Crippen LogP contribution in [0.5, 0.6) is 5.75 Å². The second-order valence-electron chi connectivity index (χ2n) is 6.05. The van der Waals surface area contributed by atoms with Gasteiger partial charge < -0.3 is 10.5 Å². The van der Waals surface area contributed by atoms with E-state index in [0.717, 1.165) is 11.4 Å². The molecule has 0 radical (unpaired) electrons. The minimum atomic E-state index is -0.205. The number of nitrogens with two attached hydrogens (primary N) is 1. The first kappa shape index (κ1) is 15.2. The van der Waals surface area contributed by atoms with Gasteiger partial charge in [-0.05, 0) is 19.1 Å². The number of rotatable bonds is 3. The molecule has 1 aromatic carbocycles. The summed E-state index contributed by atoms with van der Waals surface area (Å²) in [5.74, 6) is 0.708. The molecule has 0 bridgehead atoms. The van der Waals surface area contributed by atoms with Gasteiger partial charge in [0, 0.05) is 18.0 Å². The predicted molar refractivity (Wildman–Crippen MR) is 85.4 cm³/mol. The number of nitrogens with zero attached hydrogens (tertiary/aromatic N) is 2. The molecule has 2 N–H and O–H groups in total. The van der Waals surface area contributed by atoms with Gasteiger partial charge >= 0.3 is 0 Å². The van der Waals surface area contributed by atoms with Crippen molar-refractivity contribution in [3.05, 3.63) is 40.3 Å². The maximum absolute atomic E-state index is 12.6. The molecule has 0 amide bonds. The fraction of sp³-hybridized carbons (Fsp3) is 0.438. The Morgan fingerprint density at radius 1 is 1.29 bits per heavy atom. The van der Waals surface area contributed by atoms with Gasteiger partial charge in [-0.15, -0.1) is 0 Å². The fourth-order valence-electron chi connectivity index (χ4n) is 2.65. The minimum absolute atomic E-state index is 0.185. The van der Waals surface area contributed by atoms with Crippen LogP contribution in [0.25, 0.3) is 5.69 Å². The normalized spacial score (nSPS) is 11.7. The Morgan fingerprint density at radius 3 is 2.48 bits per heavy atom. The van der Waals surface area contributed by atoms with Crippen molar-refractivity contribution in [1.82, 2.24) is 9.36 Å². The number of methoxy groups -OCH3 is 1. The van der Waals surface area contributed by atoms with E-state index >= 15 is 0 Å². The van der Waals surface area contributed by atoms with Crippen LogP contribution >= 0.6 is 0 Å². The Balaban J connectivity index is 2.78. The second kappa shape index (κ2) is 5.31. The van der Waals surface area contributed by atoms with Gasteiger partial charge in [0.1, 0.15) is 11.4 Å². The maximum atomic E-state index is 12.6. The van der Waals surface area contributed by atoms with Crippen LogP contribution in [0.15, 0.2) is 29.1 Å². The van der Waals surface area contributed by atoms with E-state index in [1.54, 1.807) is 11.8 Å². The monoisotopic (exact) mass is 289 g/mol.